The zero-order valence-corrected chi connectivity index (χ0v) is 13.7. The Morgan fingerprint density at radius 3 is 2.74 bits per heavy atom. The molecule has 1 aromatic carbocycles. The van der Waals surface area contributed by atoms with E-state index >= 15 is 0 Å². The molecular weight excluding hydrogens is 300 g/mol. The first-order valence-corrected chi connectivity index (χ1v) is 8.12. The highest BCUT2D eigenvalue weighted by Gasteiger charge is 2.14. The molecule has 2 nitrogen and oxygen atoms in total. The van der Waals surface area contributed by atoms with Crippen LogP contribution >= 0.6 is 15.9 Å². The Kier molecular flexibility index (Phi) is 5.86. The monoisotopic (exact) mass is 324 g/mol. The van der Waals surface area contributed by atoms with Gasteiger partial charge in [0.1, 0.15) is 0 Å². The van der Waals surface area contributed by atoms with Gasteiger partial charge >= 0.3 is 0 Å². The maximum Gasteiger partial charge on any atom is 0.0222 e. The third-order valence-corrected chi connectivity index (χ3v) is 4.52. The highest BCUT2D eigenvalue weighted by molar-refractivity contribution is 9.10. The zero-order valence-electron chi connectivity index (χ0n) is 12.1. The predicted molar refractivity (Wildman–Crippen MR) is 85.4 cm³/mol. The Bertz CT molecular complexity index is 400. The van der Waals surface area contributed by atoms with Gasteiger partial charge in [0, 0.05) is 17.6 Å². The second-order valence-corrected chi connectivity index (χ2v) is 6.69. The second-order valence-electron chi connectivity index (χ2n) is 5.84. The van der Waals surface area contributed by atoms with Crippen molar-refractivity contribution < 1.29 is 0 Å². The number of hydrogen-bond donors (Lipinski definition) is 1. The summed E-state index contributed by atoms with van der Waals surface area (Å²) in [4.78, 5) is 2.59. The molecule has 0 saturated carbocycles. The number of nitrogens with zero attached hydrogens (tertiary/aromatic N) is 1. The fraction of sp³-hybridized carbons (Fsp3) is 0.625. The summed E-state index contributed by atoms with van der Waals surface area (Å²) in [7, 11) is 0. The molecule has 3 heteroatoms. The van der Waals surface area contributed by atoms with Crippen molar-refractivity contribution in [3.8, 4) is 0 Å². The molecule has 106 valence electrons. The molecule has 1 atom stereocenters. The topological polar surface area (TPSA) is 15.3 Å². The predicted octanol–water partition coefficient (Wildman–Crippen LogP) is 3.58. The standard InChI is InChI=1S/C16H25BrN2/c1-13-5-6-15(16(17)9-13)11-18-10-14(2)12-19-7-3-4-8-19/h5-6,9,14,18H,3-4,7-8,10-12H2,1-2H3. The first-order chi connectivity index (χ1) is 9.15. The van der Waals surface area contributed by atoms with Crippen molar-refractivity contribution in [3.05, 3.63) is 33.8 Å². The van der Waals surface area contributed by atoms with Gasteiger partial charge in [-0.2, -0.15) is 0 Å². The smallest absolute Gasteiger partial charge is 0.0222 e. The zero-order chi connectivity index (χ0) is 13.7. The number of likely N-dealkylation sites (tertiary alicyclic amines) is 1. The van der Waals surface area contributed by atoms with Crippen LogP contribution in [0.15, 0.2) is 22.7 Å². The van der Waals surface area contributed by atoms with Crippen molar-refractivity contribution in [2.24, 2.45) is 5.92 Å². The van der Waals surface area contributed by atoms with E-state index < -0.39 is 0 Å². The van der Waals surface area contributed by atoms with Crippen LogP contribution in [-0.4, -0.2) is 31.1 Å². The molecule has 1 N–H and O–H groups in total. The van der Waals surface area contributed by atoms with Gasteiger partial charge in [0.05, 0.1) is 0 Å². The SMILES string of the molecule is Cc1ccc(CNCC(C)CN2CCCC2)c(Br)c1. The Hall–Kier alpha value is -0.380. The highest BCUT2D eigenvalue weighted by atomic mass is 79.9. The third kappa shape index (κ3) is 4.90. The van der Waals surface area contributed by atoms with Crippen molar-refractivity contribution in [2.75, 3.05) is 26.2 Å². The molecule has 2 rings (SSSR count). The first kappa shape index (κ1) is 15.0. The molecular formula is C16H25BrN2. The number of aryl methyl sites for hydroxylation is 1. The Morgan fingerprint density at radius 2 is 2.05 bits per heavy atom. The molecule has 1 aromatic rings. The molecule has 0 amide bonds. The lowest BCUT2D eigenvalue weighted by molar-refractivity contribution is 0.282. The van der Waals surface area contributed by atoms with Crippen molar-refractivity contribution in [1.29, 1.82) is 0 Å². The molecule has 0 aromatic heterocycles. The van der Waals surface area contributed by atoms with Gasteiger partial charge in [-0.25, -0.2) is 0 Å². The van der Waals surface area contributed by atoms with E-state index in [0.717, 1.165) is 19.0 Å². The third-order valence-electron chi connectivity index (χ3n) is 3.79. The minimum absolute atomic E-state index is 0.724. The van der Waals surface area contributed by atoms with Crippen LogP contribution in [-0.2, 0) is 6.54 Å². The summed E-state index contributed by atoms with van der Waals surface area (Å²) >= 11 is 3.64. The van der Waals surface area contributed by atoms with E-state index in [1.165, 1.54) is 48.1 Å². The number of halogens is 1. The summed E-state index contributed by atoms with van der Waals surface area (Å²) in [5.74, 6) is 0.724. The van der Waals surface area contributed by atoms with Crippen LogP contribution in [0, 0.1) is 12.8 Å². The normalized spacial score (nSPS) is 17.8. The summed E-state index contributed by atoms with van der Waals surface area (Å²) in [6.07, 6.45) is 2.77. The van der Waals surface area contributed by atoms with Gasteiger partial charge < -0.3 is 10.2 Å². The van der Waals surface area contributed by atoms with Crippen molar-refractivity contribution >= 4 is 15.9 Å². The summed E-state index contributed by atoms with van der Waals surface area (Å²) in [6, 6.07) is 6.57. The number of hydrogen-bond acceptors (Lipinski definition) is 2. The van der Waals surface area contributed by atoms with Crippen LogP contribution in [0.2, 0.25) is 0 Å². The molecule has 0 radical (unpaired) electrons. The van der Waals surface area contributed by atoms with Gasteiger partial charge in [-0.15, -0.1) is 0 Å². The van der Waals surface area contributed by atoms with E-state index in [2.05, 4.69) is 58.2 Å². The summed E-state index contributed by atoms with van der Waals surface area (Å²) in [5, 5.41) is 3.58. The van der Waals surface area contributed by atoms with Crippen molar-refractivity contribution in [1.82, 2.24) is 10.2 Å². The van der Waals surface area contributed by atoms with Crippen molar-refractivity contribution in [2.45, 2.75) is 33.2 Å². The molecule has 0 spiro atoms. The van der Waals surface area contributed by atoms with Gasteiger partial charge in [0.25, 0.3) is 0 Å². The Morgan fingerprint density at radius 1 is 1.32 bits per heavy atom. The largest absolute Gasteiger partial charge is 0.312 e. The van der Waals surface area contributed by atoms with Gasteiger partial charge in [0.15, 0.2) is 0 Å². The fourth-order valence-corrected chi connectivity index (χ4v) is 3.35. The van der Waals surface area contributed by atoms with E-state index in [1.807, 2.05) is 0 Å². The van der Waals surface area contributed by atoms with Gasteiger partial charge in [-0.3, -0.25) is 0 Å². The minimum Gasteiger partial charge on any atom is -0.312 e. The summed E-state index contributed by atoms with van der Waals surface area (Å²) in [6.45, 7) is 10.3. The lowest BCUT2D eigenvalue weighted by Crippen LogP contribution is -2.31. The number of nitrogens with one attached hydrogen (secondary N) is 1. The molecule has 1 aliphatic rings. The maximum atomic E-state index is 3.64. The summed E-state index contributed by atoms with van der Waals surface area (Å²) < 4.78 is 1.21. The average molecular weight is 325 g/mol. The molecule has 0 bridgehead atoms. The lowest BCUT2D eigenvalue weighted by atomic mass is 10.1. The van der Waals surface area contributed by atoms with Crippen molar-refractivity contribution in [3.63, 3.8) is 0 Å². The van der Waals surface area contributed by atoms with Gasteiger partial charge in [0.2, 0.25) is 0 Å². The quantitative estimate of drug-likeness (QED) is 0.860. The average Bonchev–Trinajstić information content (AvgIpc) is 2.84. The van der Waals surface area contributed by atoms with Crippen LogP contribution in [0.25, 0.3) is 0 Å². The van der Waals surface area contributed by atoms with Crippen LogP contribution < -0.4 is 5.32 Å². The number of rotatable bonds is 6. The highest BCUT2D eigenvalue weighted by Crippen LogP contribution is 2.18. The van der Waals surface area contributed by atoms with Crippen LogP contribution in [0.3, 0.4) is 0 Å². The Balaban J connectivity index is 1.70. The van der Waals surface area contributed by atoms with Crippen LogP contribution in [0.4, 0.5) is 0 Å². The second kappa shape index (κ2) is 7.41. The lowest BCUT2D eigenvalue weighted by Gasteiger charge is -2.20. The molecule has 1 saturated heterocycles. The minimum atomic E-state index is 0.724. The summed E-state index contributed by atoms with van der Waals surface area (Å²) in [5.41, 5.74) is 2.65. The molecule has 1 aliphatic heterocycles. The molecule has 0 aliphatic carbocycles. The van der Waals surface area contributed by atoms with E-state index in [1.54, 1.807) is 0 Å². The van der Waals surface area contributed by atoms with E-state index in [9.17, 15) is 0 Å². The Labute approximate surface area is 125 Å². The van der Waals surface area contributed by atoms with Crippen LogP contribution in [0.1, 0.15) is 30.9 Å². The van der Waals surface area contributed by atoms with E-state index in [4.69, 9.17) is 0 Å². The first-order valence-electron chi connectivity index (χ1n) is 7.33. The van der Waals surface area contributed by atoms with E-state index in [0.29, 0.717) is 0 Å². The molecule has 1 heterocycles. The van der Waals surface area contributed by atoms with Gasteiger partial charge in [-0.05, 0) is 62.5 Å². The van der Waals surface area contributed by atoms with E-state index in [-0.39, 0.29) is 0 Å². The molecule has 1 unspecified atom stereocenters. The van der Waals surface area contributed by atoms with Crippen LogP contribution in [0.5, 0.6) is 0 Å². The number of benzene rings is 1. The molecule has 19 heavy (non-hydrogen) atoms. The molecule has 1 fully saturated rings. The maximum absolute atomic E-state index is 3.64. The van der Waals surface area contributed by atoms with Gasteiger partial charge in [-0.1, -0.05) is 35.0 Å². The fourth-order valence-electron chi connectivity index (χ4n) is 2.72.